The number of hydroxylamine groups is 2. The second-order valence-electron chi connectivity index (χ2n) is 8.93. The Morgan fingerprint density at radius 2 is 1.24 bits per heavy atom. The van der Waals surface area contributed by atoms with Crippen molar-refractivity contribution in [3.05, 3.63) is 25.3 Å². The van der Waals surface area contributed by atoms with Crippen LogP contribution in [0.2, 0.25) is 0 Å². The Kier molecular flexibility index (Phi) is 10.2. The van der Waals surface area contributed by atoms with E-state index in [1.807, 2.05) is 27.7 Å². The Morgan fingerprint density at radius 1 is 0.848 bits per heavy atom. The maximum Gasteiger partial charge on any atom is 0.349 e. The van der Waals surface area contributed by atoms with Gasteiger partial charge in [0, 0.05) is 11.1 Å². The predicted octanol–water partition coefficient (Wildman–Crippen LogP) is 1.98. The standard InChI is InChI=1S/C23H35NO9/c1-9-11-31-20(27)17(21(28)32-12-10-2)33-24-22(3,4)13-15(14-23(24,5)6)16(18(25)29-7)19(26)30-8/h9-10,15-17H,1-2,11-14H2,3-8H3. The molecule has 0 aromatic rings. The van der Waals surface area contributed by atoms with Crippen molar-refractivity contribution in [3.63, 3.8) is 0 Å². The summed E-state index contributed by atoms with van der Waals surface area (Å²) in [6.45, 7) is 14.0. The highest BCUT2D eigenvalue weighted by Crippen LogP contribution is 2.45. The molecule has 1 rings (SSSR count). The molecular formula is C23H35NO9. The molecular weight excluding hydrogens is 434 g/mol. The van der Waals surface area contributed by atoms with Gasteiger partial charge in [0.25, 0.3) is 6.10 Å². The van der Waals surface area contributed by atoms with Gasteiger partial charge in [-0.2, -0.15) is 5.06 Å². The van der Waals surface area contributed by atoms with Crippen molar-refractivity contribution < 1.29 is 43.0 Å². The van der Waals surface area contributed by atoms with Crippen LogP contribution in [0.1, 0.15) is 40.5 Å². The molecule has 0 unspecified atom stereocenters. The van der Waals surface area contributed by atoms with Crippen LogP contribution in [0, 0.1) is 11.8 Å². The molecule has 0 saturated carbocycles. The summed E-state index contributed by atoms with van der Waals surface area (Å²) in [5, 5.41) is 1.52. The summed E-state index contributed by atoms with van der Waals surface area (Å²) in [5.41, 5.74) is -1.63. The van der Waals surface area contributed by atoms with Gasteiger partial charge < -0.3 is 18.9 Å². The molecule has 0 aromatic carbocycles. The van der Waals surface area contributed by atoms with E-state index in [2.05, 4.69) is 13.2 Å². The van der Waals surface area contributed by atoms with E-state index < -0.39 is 52.9 Å². The lowest BCUT2D eigenvalue weighted by atomic mass is 9.70. The number of ether oxygens (including phenoxy) is 4. The van der Waals surface area contributed by atoms with Crippen LogP contribution in [0.4, 0.5) is 0 Å². The largest absolute Gasteiger partial charge is 0.468 e. The molecule has 1 fully saturated rings. The molecule has 0 bridgehead atoms. The third kappa shape index (κ3) is 7.13. The van der Waals surface area contributed by atoms with Gasteiger partial charge in [-0.1, -0.05) is 25.3 Å². The van der Waals surface area contributed by atoms with Gasteiger partial charge in [-0.15, -0.1) is 0 Å². The van der Waals surface area contributed by atoms with E-state index in [1.54, 1.807) is 0 Å². The molecule has 1 aliphatic heterocycles. The second-order valence-corrected chi connectivity index (χ2v) is 8.93. The zero-order valence-electron chi connectivity index (χ0n) is 20.3. The Hall–Kier alpha value is -2.72. The average Bonchev–Trinajstić information content (AvgIpc) is 2.74. The van der Waals surface area contributed by atoms with Gasteiger partial charge in [0.1, 0.15) is 13.2 Å². The van der Waals surface area contributed by atoms with Gasteiger partial charge in [0.2, 0.25) is 0 Å². The summed E-state index contributed by atoms with van der Waals surface area (Å²) in [5.74, 6) is -4.79. The normalized spacial score (nSPS) is 17.8. The first-order valence-electron chi connectivity index (χ1n) is 10.5. The fraction of sp³-hybridized carbons (Fsp3) is 0.652. The minimum absolute atomic E-state index is 0.109. The molecule has 0 aliphatic carbocycles. The van der Waals surface area contributed by atoms with Crippen LogP contribution in [0.3, 0.4) is 0 Å². The van der Waals surface area contributed by atoms with Crippen molar-refractivity contribution in [2.24, 2.45) is 11.8 Å². The minimum Gasteiger partial charge on any atom is -0.468 e. The first-order valence-corrected chi connectivity index (χ1v) is 10.5. The summed E-state index contributed by atoms with van der Waals surface area (Å²) in [6.07, 6.45) is 1.66. The van der Waals surface area contributed by atoms with E-state index in [-0.39, 0.29) is 13.2 Å². The topological polar surface area (TPSA) is 118 Å². The second kappa shape index (κ2) is 11.9. The number of rotatable bonds is 11. The first-order chi connectivity index (χ1) is 15.4. The fourth-order valence-electron chi connectivity index (χ4n) is 4.32. The molecule has 33 heavy (non-hydrogen) atoms. The van der Waals surface area contributed by atoms with Crippen molar-refractivity contribution in [1.82, 2.24) is 5.06 Å². The molecule has 0 spiro atoms. The molecule has 0 atom stereocenters. The number of hydrogen-bond acceptors (Lipinski definition) is 10. The third-order valence-electron chi connectivity index (χ3n) is 5.33. The molecule has 0 N–H and O–H groups in total. The van der Waals surface area contributed by atoms with Gasteiger partial charge in [0.15, 0.2) is 5.92 Å². The predicted molar refractivity (Wildman–Crippen MR) is 117 cm³/mol. The highest BCUT2D eigenvalue weighted by Gasteiger charge is 2.53. The molecule has 186 valence electrons. The third-order valence-corrected chi connectivity index (χ3v) is 5.33. The zero-order chi connectivity index (χ0) is 25.4. The Morgan fingerprint density at radius 3 is 1.58 bits per heavy atom. The van der Waals surface area contributed by atoms with E-state index in [0.29, 0.717) is 12.8 Å². The molecule has 0 aromatic heterocycles. The molecule has 1 heterocycles. The molecule has 10 heteroatoms. The van der Waals surface area contributed by atoms with Gasteiger partial charge in [-0.05, 0) is 46.5 Å². The number of hydrogen-bond donors (Lipinski definition) is 0. The lowest BCUT2D eigenvalue weighted by Crippen LogP contribution is -2.64. The average molecular weight is 470 g/mol. The summed E-state index contributed by atoms with van der Waals surface area (Å²) in [4.78, 5) is 55.8. The lowest BCUT2D eigenvalue weighted by Gasteiger charge is -2.54. The van der Waals surface area contributed by atoms with E-state index >= 15 is 0 Å². The fourth-order valence-corrected chi connectivity index (χ4v) is 4.32. The number of carbonyl (C=O) groups excluding carboxylic acids is 4. The van der Waals surface area contributed by atoms with Crippen molar-refractivity contribution >= 4 is 23.9 Å². The molecule has 0 amide bonds. The smallest absolute Gasteiger partial charge is 0.349 e. The van der Waals surface area contributed by atoms with Crippen molar-refractivity contribution in [3.8, 4) is 0 Å². The van der Waals surface area contributed by atoms with Gasteiger partial charge in [-0.25, -0.2) is 9.59 Å². The van der Waals surface area contributed by atoms with Gasteiger partial charge in [0.05, 0.1) is 14.2 Å². The molecule has 1 saturated heterocycles. The maximum atomic E-state index is 12.6. The quantitative estimate of drug-likeness (QED) is 0.192. The molecule has 1 aliphatic rings. The van der Waals surface area contributed by atoms with Crippen LogP contribution >= 0.6 is 0 Å². The Bertz CT molecular complexity index is 701. The first kappa shape index (κ1) is 28.3. The van der Waals surface area contributed by atoms with E-state index in [9.17, 15) is 19.2 Å². The maximum absolute atomic E-state index is 12.6. The van der Waals surface area contributed by atoms with E-state index in [1.165, 1.54) is 31.4 Å². The van der Waals surface area contributed by atoms with Crippen LogP contribution in [0.5, 0.6) is 0 Å². The number of methoxy groups -OCH3 is 2. The van der Waals surface area contributed by atoms with Crippen molar-refractivity contribution in [2.45, 2.75) is 57.7 Å². The minimum atomic E-state index is -1.68. The van der Waals surface area contributed by atoms with Crippen molar-refractivity contribution in [2.75, 3.05) is 27.4 Å². The van der Waals surface area contributed by atoms with Crippen LogP contribution in [-0.2, 0) is 43.0 Å². The van der Waals surface area contributed by atoms with E-state index in [0.717, 1.165) is 0 Å². The van der Waals surface area contributed by atoms with Crippen molar-refractivity contribution in [1.29, 1.82) is 0 Å². The zero-order valence-corrected chi connectivity index (χ0v) is 20.3. The number of piperidine rings is 1. The van der Waals surface area contributed by atoms with Gasteiger partial charge in [-0.3, -0.25) is 14.4 Å². The monoisotopic (exact) mass is 469 g/mol. The van der Waals surface area contributed by atoms with Crippen LogP contribution in [0.15, 0.2) is 25.3 Å². The number of carbonyl (C=O) groups is 4. The number of nitrogens with zero attached hydrogens (tertiary/aromatic N) is 1. The van der Waals surface area contributed by atoms with Crippen LogP contribution in [-0.4, -0.2) is 73.6 Å². The Labute approximate surface area is 194 Å². The highest BCUT2D eigenvalue weighted by atomic mass is 16.7. The summed E-state index contributed by atoms with van der Waals surface area (Å²) in [6, 6.07) is 0. The summed E-state index contributed by atoms with van der Waals surface area (Å²) < 4.78 is 19.7. The van der Waals surface area contributed by atoms with Gasteiger partial charge >= 0.3 is 23.9 Å². The highest BCUT2D eigenvalue weighted by molar-refractivity contribution is 5.98. The molecule has 10 nitrogen and oxygen atoms in total. The van der Waals surface area contributed by atoms with E-state index in [4.69, 9.17) is 23.8 Å². The lowest BCUT2D eigenvalue weighted by molar-refractivity contribution is -0.307. The van der Waals surface area contributed by atoms with Crippen LogP contribution in [0.25, 0.3) is 0 Å². The summed E-state index contributed by atoms with van der Waals surface area (Å²) in [7, 11) is 2.42. The SMILES string of the molecule is C=CCOC(=O)C(ON1C(C)(C)CC(C(C(=O)OC)C(=O)OC)CC1(C)C)C(=O)OCC=C. The number of esters is 4. The Balaban J connectivity index is 3.26. The van der Waals surface area contributed by atoms with Crippen LogP contribution < -0.4 is 0 Å². The molecule has 0 radical (unpaired) electrons. The summed E-state index contributed by atoms with van der Waals surface area (Å²) >= 11 is 0.